The van der Waals surface area contributed by atoms with Crippen molar-refractivity contribution in [3.63, 3.8) is 0 Å². The highest BCUT2D eigenvalue weighted by atomic mass is 16.7. The fourth-order valence-corrected chi connectivity index (χ4v) is 2.05. The van der Waals surface area contributed by atoms with Crippen LogP contribution in [0.5, 0.6) is 0 Å². The van der Waals surface area contributed by atoms with E-state index in [1.54, 1.807) is 6.07 Å². The molecule has 2 aromatic rings. The van der Waals surface area contributed by atoms with Gasteiger partial charge in [0.05, 0.1) is 18.1 Å². The molecule has 1 aliphatic rings. The molecule has 2 heterocycles. The number of hydrogen-bond acceptors (Lipinski definition) is 7. The van der Waals surface area contributed by atoms with Crippen LogP contribution in [0.3, 0.4) is 0 Å². The maximum absolute atomic E-state index is 11.9. The fourth-order valence-electron chi connectivity index (χ4n) is 2.05. The minimum Gasteiger partial charge on any atom is -0.455 e. The van der Waals surface area contributed by atoms with Crippen LogP contribution in [0.2, 0.25) is 0 Å². The fraction of sp³-hybridized carbons (Fsp3) is 0.267. The van der Waals surface area contributed by atoms with Crippen LogP contribution in [0.4, 0.5) is 5.69 Å². The second-order valence-corrected chi connectivity index (χ2v) is 4.78. The van der Waals surface area contributed by atoms with Crippen LogP contribution in [0, 0.1) is 10.1 Å². The summed E-state index contributed by atoms with van der Waals surface area (Å²) in [5, 5.41) is 10.6. The molecule has 23 heavy (non-hydrogen) atoms. The number of nitrogens with zero attached hydrogens (tertiary/aromatic N) is 1. The van der Waals surface area contributed by atoms with Crippen LogP contribution < -0.4 is 0 Å². The lowest BCUT2D eigenvalue weighted by molar-refractivity contribution is -0.384. The third-order valence-corrected chi connectivity index (χ3v) is 3.20. The molecule has 0 atom stereocenters. The molecule has 8 nitrogen and oxygen atoms in total. The van der Waals surface area contributed by atoms with Crippen LogP contribution in [0.15, 0.2) is 40.8 Å². The van der Waals surface area contributed by atoms with E-state index in [4.69, 9.17) is 18.6 Å². The molecule has 1 saturated heterocycles. The predicted molar refractivity (Wildman–Crippen MR) is 75.6 cm³/mol. The molecular formula is C15H13NO7. The minimum atomic E-state index is -0.632. The van der Waals surface area contributed by atoms with Crippen molar-refractivity contribution in [1.29, 1.82) is 0 Å². The smallest absolute Gasteiger partial charge is 0.374 e. The van der Waals surface area contributed by atoms with Gasteiger partial charge in [0.15, 0.2) is 5.76 Å². The molecule has 0 saturated carbocycles. The second kappa shape index (κ2) is 6.59. The van der Waals surface area contributed by atoms with Crippen molar-refractivity contribution < 1.29 is 28.3 Å². The van der Waals surface area contributed by atoms with E-state index in [1.807, 2.05) is 0 Å². The molecule has 0 spiro atoms. The number of hydrogen-bond donors (Lipinski definition) is 0. The van der Waals surface area contributed by atoms with Gasteiger partial charge in [-0.15, -0.1) is 0 Å². The van der Waals surface area contributed by atoms with E-state index in [0.29, 0.717) is 24.5 Å². The summed E-state index contributed by atoms with van der Waals surface area (Å²) >= 11 is 0. The average molecular weight is 319 g/mol. The molecular weight excluding hydrogens is 306 g/mol. The maximum atomic E-state index is 11.9. The number of carbonyl (C=O) groups excluding carboxylic acids is 1. The topological polar surface area (TPSA) is 101 Å². The van der Waals surface area contributed by atoms with Gasteiger partial charge in [-0.3, -0.25) is 10.1 Å². The Morgan fingerprint density at radius 3 is 2.52 bits per heavy atom. The Morgan fingerprint density at radius 1 is 1.17 bits per heavy atom. The summed E-state index contributed by atoms with van der Waals surface area (Å²) in [5.74, 6) is -0.182. The van der Waals surface area contributed by atoms with Crippen LogP contribution in [-0.2, 0) is 20.8 Å². The number of esters is 1. The molecule has 1 aliphatic heterocycles. The largest absolute Gasteiger partial charge is 0.455 e. The third-order valence-electron chi connectivity index (χ3n) is 3.20. The predicted octanol–water partition coefficient (Wildman–Crippen LogP) is 2.59. The van der Waals surface area contributed by atoms with Gasteiger partial charge < -0.3 is 18.6 Å². The zero-order valence-corrected chi connectivity index (χ0v) is 12.0. The number of rotatable bonds is 5. The first-order chi connectivity index (χ1) is 11.1. The number of nitro groups is 1. The molecule has 0 N–H and O–H groups in total. The Labute approximate surface area is 130 Å². The van der Waals surface area contributed by atoms with Crippen molar-refractivity contribution >= 4 is 11.7 Å². The number of ether oxygens (including phenoxy) is 3. The first-order valence-electron chi connectivity index (χ1n) is 6.87. The van der Waals surface area contributed by atoms with Crippen LogP contribution >= 0.6 is 0 Å². The molecule has 0 unspecified atom stereocenters. The molecule has 0 bridgehead atoms. The lowest BCUT2D eigenvalue weighted by Gasteiger charge is -2.05. The molecule has 1 fully saturated rings. The van der Waals surface area contributed by atoms with Gasteiger partial charge in [0.25, 0.3) is 5.69 Å². The van der Waals surface area contributed by atoms with Crippen molar-refractivity contribution in [2.45, 2.75) is 12.9 Å². The lowest BCUT2D eigenvalue weighted by atomic mass is 10.2. The Kier molecular flexibility index (Phi) is 4.35. The standard InChI is InChI=1S/C15H13NO7/c17-14(12-5-6-13(23-12)15-20-7-8-21-15)22-9-10-1-3-11(4-2-10)16(18)19/h1-6,15H,7-9H2. The molecule has 0 aliphatic carbocycles. The third kappa shape index (κ3) is 3.55. The van der Waals surface area contributed by atoms with Crippen LogP contribution in [-0.4, -0.2) is 24.1 Å². The average Bonchev–Trinajstić information content (AvgIpc) is 3.23. The van der Waals surface area contributed by atoms with E-state index in [2.05, 4.69) is 0 Å². The number of non-ortho nitro benzene ring substituents is 1. The lowest BCUT2D eigenvalue weighted by Crippen LogP contribution is -2.04. The van der Waals surface area contributed by atoms with E-state index in [0.717, 1.165) is 0 Å². The SMILES string of the molecule is O=C(OCc1ccc([N+](=O)[O-])cc1)c1ccc(C2OCCO2)o1. The highest BCUT2D eigenvalue weighted by Gasteiger charge is 2.23. The van der Waals surface area contributed by atoms with E-state index in [1.165, 1.54) is 30.3 Å². The molecule has 3 rings (SSSR count). The molecule has 1 aromatic heterocycles. The van der Waals surface area contributed by atoms with Crippen molar-refractivity contribution in [2.75, 3.05) is 13.2 Å². The van der Waals surface area contributed by atoms with Crippen LogP contribution in [0.1, 0.15) is 28.2 Å². The van der Waals surface area contributed by atoms with E-state index >= 15 is 0 Å². The van der Waals surface area contributed by atoms with Gasteiger partial charge >= 0.3 is 5.97 Å². The highest BCUT2D eigenvalue weighted by molar-refractivity contribution is 5.86. The Morgan fingerprint density at radius 2 is 1.87 bits per heavy atom. The number of carbonyl (C=O) groups is 1. The van der Waals surface area contributed by atoms with E-state index in [-0.39, 0.29) is 18.1 Å². The summed E-state index contributed by atoms with van der Waals surface area (Å²) in [7, 11) is 0. The number of nitro benzene ring substituents is 1. The van der Waals surface area contributed by atoms with Gasteiger partial charge in [-0.1, -0.05) is 0 Å². The summed E-state index contributed by atoms with van der Waals surface area (Å²) in [6.07, 6.45) is -0.591. The summed E-state index contributed by atoms with van der Waals surface area (Å²) < 4.78 is 21.0. The summed E-state index contributed by atoms with van der Waals surface area (Å²) in [6.45, 7) is 0.944. The summed E-state index contributed by atoms with van der Waals surface area (Å²) in [5.41, 5.74) is 0.616. The van der Waals surface area contributed by atoms with E-state index < -0.39 is 17.2 Å². The minimum absolute atomic E-state index is 0.0106. The highest BCUT2D eigenvalue weighted by Crippen LogP contribution is 2.25. The zero-order chi connectivity index (χ0) is 16.2. The Hall–Kier alpha value is -2.71. The monoisotopic (exact) mass is 319 g/mol. The van der Waals surface area contributed by atoms with Crippen molar-refractivity contribution in [3.05, 3.63) is 63.6 Å². The van der Waals surface area contributed by atoms with E-state index in [9.17, 15) is 14.9 Å². The quantitative estimate of drug-likeness (QED) is 0.474. The summed E-state index contributed by atoms with van der Waals surface area (Å²) in [4.78, 5) is 22.0. The molecule has 0 amide bonds. The van der Waals surface area contributed by atoms with Gasteiger partial charge in [-0.2, -0.15) is 0 Å². The van der Waals surface area contributed by atoms with Gasteiger partial charge in [-0.05, 0) is 29.8 Å². The molecule has 8 heteroatoms. The zero-order valence-electron chi connectivity index (χ0n) is 12.0. The number of furan rings is 1. The maximum Gasteiger partial charge on any atom is 0.374 e. The summed E-state index contributed by atoms with van der Waals surface area (Å²) in [6, 6.07) is 8.83. The van der Waals surface area contributed by atoms with Crippen molar-refractivity contribution in [2.24, 2.45) is 0 Å². The second-order valence-electron chi connectivity index (χ2n) is 4.78. The normalized spacial score (nSPS) is 14.8. The Balaban J connectivity index is 1.57. The van der Waals surface area contributed by atoms with Gasteiger partial charge in [-0.25, -0.2) is 4.79 Å². The van der Waals surface area contributed by atoms with Crippen molar-refractivity contribution in [3.8, 4) is 0 Å². The van der Waals surface area contributed by atoms with Crippen LogP contribution in [0.25, 0.3) is 0 Å². The Bertz CT molecular complexity index is 701. The van der Waals surface area contributed by atoms with Crippen molar-refractivity contribution in [1.82, 2.24) is 0 Å². The van der Waals surface area contributed by atoms with Gasteiger partial charge in [0.2, 0.25) is 12.1 Å². The van der Waals surface area contributed by atoms with Gasteiger partial charge in [0.1, 0.15) is 6.61 Å². The molecule has 120 valence electrons. The first-order valence-corrected chi connectivity index (χ1v) is 6.87. The van der Waals surface area contributed by atoms with Gasteiger partial charge in [0, 0.05) is 12.1 Å². The molecule has 0 radical (unpaired) electrons. The number of benzene rings is 1. The molecule has 1 aromatic carbocycles. The first kappa shape index (κ1) is 15.2.